The van der Waals surface area contributed by atoms with E-state index in [4.69, 9.17) is 0 Å². The van der Waals surface area contributed by atoms with Gasteiger partial charge >= 0.3 is 0 Å². The van der Waals surface area contributed by atoms with Gasteiger partial charge < -0.3 is 0 Å². The molecule has 2 heterocycles. The first-order chi connectivity index (χ1) is 11.5. The Kier molecular flexibility index (Phi) is 4.69. The van der Waals surface area contributed by atoms with Crippen molar-refractivity contribution < 1.29 is 8.42 Å². The fourth-order valence-corrected chi connectivity index (χ4v) is 3.26. The third-order valence-corrected chi connectivity index (χ3v) is 5.02. The van der Waals surface area contributed by atoms with Gasteiger partial charge in [0.1, 0.15) is 0 Å². The van der Waals surface area contributed by atoms with Gasteiger partial charge in [-0.1, -0.05) is 17.7 Å². The van der Waals surface area contributed by atoms with E-state index in [1.165, 1.54) is 0 Å². The second kappa shape index (κ2) is 6.90. The number of rotatable bonds is 5. The van der Waals surface area contributed by atoms with Crippen molar-refractivity contribution in [3.8, 4) is 11.3 Å². The van der Waals surface area contributed by atoms with Crippen molar-refractivity contribution in [1.82, 2.24) is 14.7 Å². The first-order valence-corrected chi connectivity index (χ1v) is 8.94. The number of hydrogen-bond acceptors (Lipinski definition) is 4. The molecule has 3 rings (SSSR count). The van der Waals surface area contributed by atoms with E-state index in [0.29, 0.717) is 0 Å². The second-order valence-corrected chi connectivity index (χ2v) is 7.19. The summed E-state index contributed by atoms with van der Waals surface area (Å²) in [6, 6.07) is 14.2. The van der Waals surface area contributed by atoms with Crippen molar-refractivity contribution in [1.29, 1.82) is 0 Å². The molecule has 1 aromatic carbocycles. The van der Waals surface area contributed by atoms with Crippen LogP contribution in [0.15, 0.2) is 72.0 Å². The van der Waals surface area contributed by atoms with Gasteiger partial charge in [0.15, 0.2) is 0 Å². The minimum absolute atomic E-state index is 0.205. The van der Waals surface area contributed by atoms with Gasteiger partial charge in [-0.15, -0.1) is 0 Å². The van der Waals surface area contributed by atoms with E-state index in [-0.39, 0.29) is 11.4 Å². The lowest BCUT2D eigenvalue weighted by molar-refractivity contribution is 0.581. The highest BCUT2D eigenvalue weighted by Gasteiger charge is 2.13. The number of sulfonamides is 1. The van der Waals surface area contributed by atoms with E-state index in [2.05, 4.69) is 14.7 Å². The summed E-state index contributed by atoms with van der Waals surface area (Å²) < 4.78 is 27.3. The number of aryl methyl sites for hydroxylation is 1. The molecule has 1 N–H and O–H groups in total. The highest BCUT2D eigenvalue weighted by atomic mass is 32.2. The van der Waals surface area contributed by atoms with Crippen molar-refractivity contribution >= 4 is 10.0 Å². The summed E-state index contributed by atoms with van der Waals surface area (Å²) in [7, 11) is -3.53. The van der Waals surface area contributed by atoms with Gasteiger partial charge in [-0.25, -0.2) is 13.1 Å². The fourth-order valence-electron chi connectivity index (χ4n) is 2.24. The molecule has 0 radical (unpaired) electrons. The van der Waals surface area contributed by atoms with Crippen LogP contribution in [-0.4, -0.2) is 18.4 Å². The molecule has 0 saturated carbocycles. The molecule has 0 spiro atoms. The maximum Gasteiger partial charge on any atom is 0.240 e. The minimum atomic E-state index is -3.53. The molecule has 0 bridgehead atoms. The van der Waals surface area contributed by atoms with Crippen molar-refractivity contribution in [3.05, 3.63) is 78.2 Å². The van der Waals surface area contributed by atoms with Gasteiger partial charge in [0.05, 0.1) is 10.6 Å². The summed E-state index contributed by atoms with van der Waals surface area (Å²) >= 11 is 0. The highest BCUT2D eigenvalue weighted by Crippen LogP contribution is 2.17. The van der Waals surface area contributed by atoms with Gasteiger partial charge in [0.25, 0.3) is 0 Å². The van der Waals surface area contributed by atoms with Crippen LogP contribution in [0.3, 0.4) is 0 Å². The van der Waals surface area contributed by atoms with Gasteiger partial charge in [-0.3, -0.25) is 9.97 Å². The van der Waals surface area contributed by atoms with Crippen LogP contribution in [0.25, 0.3) is 11.3 Å². The Morgan fingerprint density at radius 1 is 0.958 bits per heavy atom. The number of nitrogens with one attached hydrogen (secondary N) is 1. The monoisotopic (exact) mass is 339 g/mol. The standard InChI is InChI=1S/C18H17N3O2S/c1-14-2-4-17(5-3-14)24(22,23)21-13-15-6-11-20-18(12-15)16-7-9-19-10-8-16/h2-12,21H,13H2,1H3. The Bertz CT molecular complexity index is 924. The predicted molar refractivity (Wildman–Crippen MR) is 92.7 cm³/mol. The topological polar surface area (TPSA) is 72.0 Å². The zero-order chi connectivity index (χ0) is 17.0. The van der Waals surface area contributed by atoms with Crippen LogP contribution >= 0.6 is 0 Å². The Balaban J connectivity index is 1.76. The summed E-state index contributed by atoms with van der Waals surface area (Å²) in [4.78, 5) is 8.56. The third-order valence-electron chi connectivity index (χ3n) is 3.60. The third kappa shape index (κ3) is 3.84. The first kappa shape index (κ1) is 16.3. The van der Waals surface area contributed by atoms with Crippen LogP contribution in [0.1, 0.15) is 11.1 Å². The van der Waals surface area contributed by atoms with Crippen molar-refractivity contribution in [2.24, 2.45) is 0 Å². The maximum atomic E-state index is 12.3. The maximum absolute atomic E-state index is 12.3. The summed E-state index contributed by atoms with van der Waals surface area (Å²) in [5.74, 6) is 0. The Hall–Kier alpha value is -2.57. The molecule has 24 heavy (non-hydrogen) atoms. The molecule has 0 saturated heterocycles. The van der Waals surface area contributed by atoms with Gasteiger partial charge in [0.2, 0.25) is 10.0 Å². The molecule has 122 valence electrons. The number of aromatic nitrogens is 2. The molecule has 2 aromatic heterocycles. The number of hydrogen-bond donors (Lipinski definition) is 1. The molecule has 6 heteroatoms. The summed E-state index contributed by atoms with van der Waals surface area (Å²) in [5.41, 5.74) is 3.58. The summed E-state index contributed by atoms with van der Waals surface area (Å²) in [6.07, 6.45) is 5.07. The first-order valence-electron chi connectivity index (χ1n) is 7.46. The van der Waals surface area contributed by atoms with Gasteiger partial charge in [-0.05, 0) is 48.9 Å². The largest absolute Gasteiger partial charge is 0.265 e. The van der Waals surface area contributed by atoms with Gasteiger partial charge in [0, 0.05) is 30.7 Å². The second-order valence-electron chi connectivity index (χ2n) is 5.42. The van der Waals surface area contributed by atoms with Crippen LogP contribution in [-0.2, 0) is 16.6 Å². The van der Waals surface area contributed by atoms with E-state index >= 15 is 0 Å². The fraction of sp³-hybridized carbons (Fsp3) is 0.111. The summed E-state index contributed by atoms with van der Waals surface area (Å²) in [6.45, 7) is 2.12. The zero-order valence-corrected chi connectivity index (χ0v) is 14.0. The van der Waals surface area contributed by atoms with Crippen molar-refractivity contribution in [2.75, 3.05) is 0 Å². The average molecular weight is 339 g/mol. The molecule has 0 amide bonds. The normalized spacial score (nSPS) is 11.4. The lowest BCUT2D eigenvalue weighted by Crippen LogP contribution is -2.23. The Morgan fingerprint density at radius 2 is 1.67 bits per heavy atom. The molecule has 0 unspecified atom stereocenters. The Labute approximate surface area is 141 Å². The van der Waals surface area contributed by atoms with E-state index in [9.17, 15) is 8.42 Å². The van der Waals surface area contributed by atoms with Gasteiger partial charge in [-0.2, -0.15) is 0 Å². The smallest absolute Gasteiger partial charge is 0.240 e. The van der Waals surface area contributed by atoms with Crippen LogP contribution in [0, 0.1) is 6.92 Å². The van der Waals surface area contributed by atoms with Crippen molar-refractivity contribution in [3.63, 3.8) is 0 Å². The van der Waals surface area contributed by atoms with Crippen LogP contribution in [0.4, 0.5) is 0 Å². The SMILES string of the molecule is Cc1ccc(S(=O)(=O)NCc2ccnc(-c3ccncc3)c2)cc1. The van der Waals surface area contributed by atoms with Crippen LogP contribution in [0.2, 0.25) is 0 Å². The van der Waals surface area contributed by atoms with E-state index in [1.54, 1.807) is 48.9 Å². The minimum Gasteiger partial charge on any atom is -0.265 e. The molecule has 0 atom stereocenters. The molecule has 0 aliphatic carbocycles. The molecular formula is C18H17N3O2S. The number of benzene rings is 1. The average Bonchev–Trinajstić information content (AvgIpc) is 2.61. The molecule has 0 aliphatic heterocycles. The molecule has 0 fully saturated rings. The van der Waals surface area contributed by atoms with E-state index in [1.807, 2.05) is 25.1 Å². The highest BCUT2D eigenvalue weighted by molar-refractivity contribution is 7.89. The van der Waals surface area contributed by atoms with Crippen LogP contribution < -0.4 is 4.72 Å². The van der Waals surface area contributed by atoms with E-state index < -0.39 is 10.0 Å². The Morgan fingerprint density at radius 3 is 2.38 bits per heavy atom. The van der Waals surface area contributed by atoms with Crippen molar-refractivity contribution in [2.45, 2.75) is 18.4 Å². The number of nitrogens with zero attached hydrogens (tertiary/aromatic N) is 2. The molecule has 3 aromatic rings. The zero-order valence-electron chi connectivity index (χ0n) is 13.2. The van der Waals surface area contributed by atoms with Crippen LogP contribution in [0.5, 0.6) is 0 Å². The number of pyridine rings is 2. The lowest BCUT2D eigenvalue weighted by Gasteiger charge is -2.08. The molecule has 0 aliphatic rings. The molecule has 5 nitrogen and oxygen atoms in total. The molecular weight excluding hydrogens is 322 g/mol. The lowest BCUT2D eigenvalue weighted by atomic mass is 10.1. The van der Waals surface area contributed by atoms with E-state index in [0.717, 1.165) is 22.4 Å². The quantitative estimate of drug-likeness (QED) is 0.776. The predicted octanol–water partition coefficient (Wildman–Crippen LogP) is 2.93. The summed E-state index contributed by atoms with van der Waals surface area (Å²) in [5, 5.41) is 0.